The summed E-state index contributed by atoms with van der Waals surface area (Å²) in [5, 5.41) is 0. The summed E-state index contributed by atoms with van der Waals surface area (Å²) in [6.07, 6.45) is 3.49. The molecule has 0 radical (unpaired) electrons. The van der Waals surface area contributed by atoms with Crippen LogP contribution in [0.25, 0.3) is 20.9 Å². The highest BCUT2D eigenvalue weighted by atomic mass is 32.1. The monoisotopic (exact) mass is 420 g/mol. The van der Waals surface area contributed by atoms with E-state index in [2.05, 4.69) is 34.1 Å². The summed E-state index contributed by atoms with van der Waals surface area (Å²) in [6.45, 7) is 5.80. The zero-order chi connectivity index (χ0) is 20.5. The van der Waals surface area contributed by atoms with Gasteiger partial charge in [0.05, 0.1) is 18.9 Å². The van der Waals surface area contributed by atoms with Crippen LogP contribution < -0.4 is 5.73 Å². The number of fused-ring (bicyclic) bond motifs is 1. The highest BCUT2D eigenvalue weighted by molar-refractivity contribution is 7.18. The van der Waals surface area contributed by atoms with Gasteiger partial charge in [-0.05, 0) is 41.5 Å². The van der Waals surface area contributed by atoms with Crippen LogP contribution in [0, 0.1) is 0 Å². The van der Waals surface area contributed by atoms with E-state index in [9.17, 15) is 4.79 Å². The Balaban J connectivity index is 1.31. The smallest absolute Gasteiger partial charge is 0.254 e. The average Bonchev–Trinajstić information content (AvgIpc) is 3.38. The van der Waals surface area contributed by atoms with Crippen LogP contribution in [0.3, 0.4) is 0 Å². The molecule has 2 aromatic heterocycles. The Hall–Kier alpha value is -2.74. The minimum absolute atomic E-state index is 0.141. The van der Waals surface area contributed by atoms with E-state index in [1.807, 2.05) is 23.2 Å². The van der Waals surface area contributed by atoms with Crippen molar-refractivity contribution in [2.45, 2.75) is 6.54 Å². The molecule has 2 aliphatic heterocycles. The van der Waals surface area contributed by atoms with Gasteiger partial charge in [0.25, 0.3) is 5.91 Å². The third-order valence-electron chi connectivity index (χ3n) is 5.71. The molecule has 0 saturated carbocycles. The fourth-order valence-corrected chi connectivity index (χ4v) is 5.03. The van der Waals surface area contributed by atoms with Gasteiger partial charge in [0.15, 0.2) is 0 Å². The Morgan fingerprint density at radius 3 is 2.60 bits per heavy atom. The number of hydrogen-bond donors (Lipinski definition) is 1. The standard InChI is InChI=1S/C23H24N4O2S/c24-19-12-17(13-25-14-19)22-4-3-21(30-22)16-1-2-20-18(11-16)15-27(23(20)28)6-5-26-7-9-29-10-8-26/h1-4,11-14H,5-10,15,24H2. The van der Waals surface area contributed by atoms with Gasteiger partial charge in [0.2, 0.25) is 0 Å². The Labute approximate surface area is 179 Å². The summed E-state index contributed by atoms with van der Waals surface area (Å²) in [4.78, 5) is 23.6. The van der Waals surface area contributed by atoms with Gasteiger partial charge in [0.1, 0.15) is 0 Å². The second-order valence-electron chi connectivity index (χ2n) is 7.72. The molecule has 0 unspecified atom stereocenters. The molecule has 2 aliphatic rings. The van der Waals surface area contributed by atoms with E-state index in [0.29, 0.717) is 12.2 Å². The SMILES string of the molecule is Nc1cncc(-c2ccc(-c3ccc4c(c3)CN(CCN3CCOCC3)C4=O)s2)c1. The molecule has 1 saturated heterocycles. The molecule has 7 heteroatoms. The quantitative estimate of drug-likeness (QED) is 0.685. The first-order valence-electron chi connectivity index (χ1n) is 10.2. The molecular formula is C23H24N4O2S. The first-order chi connectivity index (χ1) is 14.7. The largest absolute Gasteiger partial charge is 0.397 e. The van der Waals surface area contributed by atoms with Crippen LogP contribution in [0.4, 0.5) is 5.69 Å². The zero-order valence-corrected chi connectivity index (χ0v) is 17.5. The van der Waals surface area contributed by atoms with Gasteiger partial charge in [-0.15, -0.1) is 11.3 Å². The van der Waals surface area contributed by atoms with Crippen molar-refractivity contribution in [3.05, 3.63) is 59.9 Å². The minimum atomic E-state index is 0.141. The number of morpholine rings is 1. The molecule has 4 heterocycles. The van der Waals surface area contributed by atoms with E-state index < -0.39 is 0 Å². The number of amides is 1. The summed E-state index contributed by atoms with van der Waals surface area (Å²) < 4.78 is 5.40. The highest BCUT2D eigenvalue weighted by Crippen LogP contribution is 2.36. The third kappa shape index (κ3) is 3.84. The Bertz CT molecular complexity index is 1070. The van der Waals surface area contributed by atoms with Gasteiger partial charge in [-0.3, -0.25) is 14.7 Å². The van der Waals surface area contributed by atoms with Crippen molar-refractivity contribution in [3.8, 4) is 20.9 Å². The Morgan fingerprint density at radius 2 is 1.80 bits per heavy atom. The maximum atomic E-state index is 12.8. The van der Waals surface area contributed by atoms with Crippen molar-refractivity contribution in [2.24, 2.45) is 0 Å². The summed E-state index contributed by atoms with van der Waals surface area (Å²) >= 11 is 1.71. The predicted octanol–water partition coefficient (Wildman–Crippen LogP) is 3.35. The zero-order valence-electron chi connectivity index (χ0n) is 16.7. The summed E-state index contributed by atoms with van der Waals surface area (Å²) in [5.74, 6) is 0.141. The number of benzene rings is 1. The molecule has 1 amide bonds. The summed E-state index contributed by atoms with van der Waals surface area (Å²) in [6, 6.07) is 12.4. The lowest BCUT2D eigenvalue weighted by molar-refractivity contribution is 0.0327. The number of rotatable bonds is 5. The molecule has 0 bridgehead atoms. The van der Waals surface area contributed by atoms with Crippen LogP contribution >= 0.6 is 11.3 Å². The topological polar surface area (TPSA) is 71.7 Å². The van der Waals surface area contributed by atoms with Crippen molar-refractivity contribution in [1.82, 2.24) is 14.8 Å². The predicted molar refractivity (Wildman–Crippen MR) is 119 cm³/mol. The number of aromatic nitrogens is 1. The number of ether oxygens (including phenoxy) is 1. The van der Waals surface area contributed by atoms with E-state index in [1.165, 1.54) is 4.88 Å². The van der Waals surface area contributed by atoms with E-state index >= 15 is 0 Å². The van der Waals surface area contributed by atoms with Crippen LogP contribution in [0.1, 0.15) is 15.9 Å². The maximum Gasteiger partial charge on any atom is 0.254 e. The minimum Gasteiger partial charge on any atom is -0.397 e. The summed E-state index contributed by atoms with van der Waals surface area (Å²) in [7, 11) is 0. The van der Waals surface area contributed by atoms with Crippen molar-refractivity contribution in [1.29, 1.82) is 0 Å². The van der Waals surface area contributed by atoms with Gasteiger partial charge in [-0.25, -0.2) is 0 Å². The van der Waals surface area contributed by atoms with Crippen molar-refractivity contribution < 1.29 is 9.53 Å². The lowest BCUT2D eigenvalue weighted by atomic mass is 10.1. The fourth-order valence-electron chi connectivity index (χ4n) is 4.04. The number of nitrogen functional groups attached to an aromatic ring is 1. The molecule has 1 fully saturated rings. The Morgan fingerprint density at radius 1 is 1.00 bits per heavy atom. The molecule has 1 aromatic carbocycles. The van der Waals surface area contributed by atoms with Gasteiger partial charge in [0, 0.05) is 66.0 Å². The molecule has 6 nitrogen and oxygen atoms in total. The lowest BCUT2D eigenvalue weighted by Gasteiger charge is -2.28. The van der Waals surface area contributed by atoms with Crippen LogP contribution in [-0.2, 0) is 11.3 Å². The molecule has 5 rings (SSSR count). The number of hydrogen-bond acceptors (Lipinski definition) is 6. The molecule has 0 atom stereocenters. The van der Waals surface area contributed by atoms with Crippen LogP contribution in [0.2, 0.25) is 0 Å². The number of thiophene rings is 1. The molecule has 0 spiro atoms. The fraction of sp³-hybridized carbons (Fsp3) is 0.304. The maximum absolute atomic E-state index is 12.8. The van der Waals surface area contributed by atoms with Crippen molar-refractivity contribution >= 4 is 22.9 Å². The number of carbonyl (C=O) groups excluding carboxylic acids is 1. The van der Waals surface area contributed by atoms with E-state index in [0.717, 1.165) is 66.5 Å². The van der Waals surface area contributed by atoms with E-state index in [1.54, 1.807) is 17.5 Å². The second-order valence-corrected chi connectivity index (χ2v) is 8.81. The number of carbonyl (C=O) groups is 1. The molecule has 2 N–H and O–H groups in total. The van der Waals surface area contributed by atoms with E-state index in [-0.39, 0.29) is 5.91 Å². The molecule has 30 heavy (non-hydrogen) atoms. The van der Waals surface area contributed by atoms with Crippen molar-refractivity contribution in [2.75, 3.05) is 45.1 Å². The molecular weight excluding hydrogens is 396 g/mol. The average molecular weight is 421 g/mol. The van der Waals surface area contributed by atoms with Crippen LogP contribution in [0.5, 0.6) is 0 Å². The molecule has 3 aromatic rings. The summed E-state index contributed by atoms with van der Waals surface area (Å²) in [5.41, 5.74) is 10.6. The molecule has 154 valence electrons. The van der Waals surface area contributed by atoms with Gasteiger partial charge < -0.3 is 15.4 Å². The second kappa shape index (κ2) is 8.18. The first kappa shape index (κ1) is 19.2. The van der Waals surface area contributed by atoms with E-state index in [4.69, 9.17) is 10.5 Å². The normalized spacial score (nSPS) is 16.8. The molecule has 0 aliphatic carbocycles. The first-order valence-corrected chi connectivity index (χ1v) is 11.0. The Kier molecular flexibility index (Phi) is 5.25. The third-order valence-corrected chi connectivity index (χ3v) is 6.89. The number of pyridine rings is 1. The number of nitrogens with zero attached hydrogens (tertiary/aromatic N) is 3. The van der Waals surface area contributed by atoms with Gasteiger partial charge >= 0.3 is 0 Å². The van der Waals surface area contributed by atoms with Gasteiger partial charge in [-0.1, -0.05) is 6.07 Å². The number of anilines is 1. The van der Waals surface area contributed by atoms with Gasteiger partial charge in [-0.2, -0.15) is 0 Å². The highest BCUT2D eigenvalue weighted by Gasteiger charge is 2.28. The lowest BCUT2D eigenvalue weighted by Crippen LogP contribution is -2.41. The van der Waals surface area contributed by atoms with Crippen LogP contribution in [-0.4, -0.2) is 60.1 Å². The number of nitrogens with two attached hydrogens (primary N) is 1. The van der Waals surface area contributed by atoms with Crippen LogP contribution in [0.15, 0.2) is 48.8 Å². The van der Waals surface area contributed by atoms with Crippen molar-refractivity contribution in [3.63, 3.8) is 0 Å².